The molecule has 15 heavy (non-hydrogen) atoms. The van der Waals surface area contributed by atoms with Gasteiger partial charge in [-0.25, -0.2) is 4.79 Å². The number of carbonyl (C=O) groups excluding carboxylic acids is 2. The zero-order valence-corrected chi connectivity index (χ0v) is 9.79. The molecule has 0 fully saturated rings. The monoisotopic (exact) mass is 215 g/mol. The van der Waals surface area contributed by atoms with Gasteiger partial charge in [-0.3, -0.25) is 4.79 Å². The second-order valence-corrected chi connectivity index (χ2v) is 4.00. The molecule has 0 unspecified atom stereocenters. The van der Waals surface area contributed by atoms with Crippen LogP contribution in [0.25, 0.3) is 0 Å². The molecule has 0 aromatic heterocycles. The third-order valence-corrected chi connectivity index (χ3v) is 1.96. The second-order valence-electron chi connectivity index (χ2n) is 4.00. The highest BCUT2D eigenvalue weighted by Crippen LogP contribution is 2.03. The Hall–Kier alpha value is -1.06. The van der Waals surface area contributed by atoms with Gasteiger partial charge in [-0.15, -0.1) is 0 Å². The summed E-state index contributed by atoms with van der Waals surface area (Å²) in [5.41, 5.74) is 0. The maximum Gasteiger partial charge on any atom is 0.328 e. The van der Waals surface area contributed by atoms with Gasteiger partial charge < -0.3 is 10.1 Å². The van der Waals surface area contributed by atoms with Crippen molar-refractivity contribution in [1.82, 2.24) is 5.32 Å². The predicted molar refractivity (Wildman–Crippen MR) is 58.3 cm³/mol. The summed E-state index contributed by atoms with van der Waals surface area (Å²) < 4.78 is 5.05. The van der Waals surface area contributed by atoms with E-state index in [0.717, 1.165) is 12.8 Å². The fraction of sp³-hybridized carbons (Fsp3) is 0.818. The molecule has 0 saturated heterocycles. The van der Waals surface area contributed by atoms with Gasteiger partial charge >= 0.3 is 5.97 Å². The summed E-state index contributed by atoms with van der Waals surface area (Å²) in [4.78, 5) is 21.8. The number of rotatable bonds is 8. The highest BCUT2D eigenvalue weighted by atomic mass is 16.5. The van der Waals surface area contributed by atoms with Gasteiger partial charge in [-0.05, 0) is 12.3 Å². The van der Waals surface area contributed by atoms with E-state index in [-0.39, 0.29) is 5.97 Å². The number of nitrogens with one attached hydrogen (secondary N) is 1. The SMILES string of the molecule is CCCC[C@H](NC=O)C(=O)OCC(C)C. The molecule has 0 aromatic rings. The maximum absolute atomic E-state index is 11.5. The van der Waals surface area contributed by atoms with Crippen LogP contribution in [0.1, 0.15) is 40.0 Å². The summed E-state index contributed by atoms with van der Waals surface area (Å²) in [7, 11) is 0. The normalized spacial score (nSPS) is 12.3. The third-order valence-electron chi connectivity index (χ3n) is 1.96. The lowest BCUT2D eigenvalue weighted by Gasteiger charge is -2.15. The van der Waals surface area contributed by atoms with Crippen LogP contribution in [-0.2, 0) is 14.3 Å². The Labute approximate surface area is 91.4 Å². The van der Waals surface area contributed by atoms with E-state index < -0.39 is 6.04 Å². The van der Waals surface area contributed by atoms with Gasteiger partial charge in [0.05, 0.1) is 6.61 Å². The van der Waals surface area contributed by atoms with Gasteiger partial charge in [0.15, 0.2) is 0 Å². The largest absolute Gasteiger partial charge is 0.464 e. The van der Waals surface area contributed by atoms with Gasteiger partial charge in [-0.1, -0.05) is 33.6 Å². The summed E-state index contributed by atoms with van der Waals surface area (Å²) in [6.07, 6.45) is 3.10. The van der Waals surface area contributed by atoms with E-state index in [9.17, 15) is 9.59 Å². The van der Waals surface area contributed by atoms with Gasteiger partial charge in [-0.2, -0.15) is 0 Å². The molecule has 1 amide bonds. The topological polar surface area (TPSA) is 55.4 Å². The Morgan fingerprint density at radius 2 is 2.13 bits per heavy atom. The number of amides is 1. The molecule has 88 valence electrons. The van der Waals surface area contributed by atoms with Crippen molar-refractivity contribution in [2.75, 3.05) is 6.61 Å². The standard InChI is InChI=1S/C11H21NO3/c1-4-5-6-10(12-8-13)11(14)15-7-9(2)3/h8-10H,4-7H2,1-3H3,(H,12,13)/t10-/m0/s1. The first-order chi connectivity index (χ1) is 7.11. The number of hydrogen-bond donors (Lipinski definition) is 1. The third kappa shape index (κ3) is 6.94. The van der Waals surface area contributed by atoms with Crippen LogP contribution < -0.4 is 5.32 Å². The smallest absolute Gasteiger partial charge is 0.328 e. The highest BCUT2D eigenvalue weighted by molar-refractivity contribution is 5.78. The number of carbonyl (C=O) groups is 2. The van der Waals surface area contributed by atoms with Gasteiger partial charge in [0.25, 0.3) is 0 Å². The Balaban J connectivity index is 3.97. The van der Waals surface area contributed by atoms with Crippen molar-refractivity contribution in [2.45, 2.75) is 46.1 Å². The van der Waals surface area contributed by atoms with Gasteiger partial charge in [0, 0.05) is 0 Å². The molecule has 0 bridgehead atoms. The lowest BCUT2D eigenvalue weighted by Crippen LogP contribution is -2.37. The molecule has 0 aliphatic rings. The summed E-state index contributed by atoms with van der Waals surface area (Å²) in [6, 6.07) is -0.485. The molecule has 0 spiro atoms. The van der Waals surface area contributed by atoms with E-state index in [1.54, 1.807) is 0 Å². The molecule has 4 nitrogen and oxygen atoms in total. The zero-order chi connectivity index (χ0) is 11.7. The van der Waals surface area contributed by atoms with E-state index in [0.29, 0.717) is 25.4 Å². The summed E-state index contributed by atoms with van der Waals surface area (Å²) in [6.45, 7) is 6.39. The molecule has 0 aliphatic carbocycles. The average Bonchev–Trinajstić information content (AvgIpc) is 2.20. The van der Waals surface area contributed by atoms with Crippen LogP contribution in [0.4, 0.5) is 0 Å². The Morgan fingerprint density at radius 1 is 1.47 bits per heavy atom. The number of unbranched alkanes of at least 4 members (excludes halogenated alkanes) is 1. The summed E-state index contributed by atoms with van der Waals surface area (Å²) in [5, 5.41) is 2.49. The minimum Gasteiger partial charge on any atom is -0.464 e. The Kier molecular flexibility index (Phi) is 7.68. The van der Waals surface area contributed by atoms with E-state index in [1.165, 1.54) is 0 Å². The molecule has 4 heteroatoms. The maximum atomic E-state index is 11.5. The number of ether oxygens (including phenoxy) is 1. The first kappa shape index (κ1) is 13.9. The van der Waals surface area contributed by atoms with E-state index in [4.69, 9.17) is 4.74 Å². The molecule has 0 aromatic carbocycles. The zero-order valence-electron chi connectivity index (χ0n) is 9.79. The van der Waals surface area contributed by atoms with Crippen LogP contribution in [0.5, 0.6) is 0 Å². The van der Waals surface area contributed by atoms with Crippen LogP contribution in [-0.4, -0.2) is 25.0 Å². The molecular weight excluding hydrogens is 194 g/mol. The van der Waals surface area contributed by atoms with Crippen molar-refractivity contribution in [3.05, 3.63) is 0 Å². The molecule has 1 N–H and O–H groups in total. The van der Waals surface area contributed by atoms with Crippen LogP contribution in [0.2, 0.25) is 0 Å². The lowest BCUT2D eigenvalue weighted by atomic mass is 10.1. The molecule has 0 rings (SSSR count). The number of esters is 1. The van der Waals surface area contributed by atoms with Crippen molar-refractivity contribution < 1.29 is 14.3 Å². The first-order valence-electron chi connectivity index (χ1n) is 5.48. The van der Waals surface area contributed by atoms with Gasteiger partial charge in [0.2, 0.25) is 6.41 Å². The number of hydrogen-bond acceptors (Lipinski definition) is 3. The molecule has 0 saturated carbocycles. The van der Waals surface area contributed by atoms with Crippen LogP contribution in [0.15, 0.2) is 0 Å². The van der Waals surface area contributed by atoms with Crippen molar-refractivity contribution in [2.24, 2.45) is 5.92 Å². The summed E-state index contributed by atoms with van der Waals surface area (Å²) in [5.74, 6) is -0.0127. The quantitative estimate of drug-likeness (QED) is 0.493. The van der Waals surface area contributed by atoms with Crippen molar-refractivity contribution in [3.8, 4) is 0 Å². The molecular formula is C11H21NO3. The fourth-order valence-electron chi connectivity index (χ4n) is 1.11. The molecule has 0 heterocycles. The second kappa shape index (κ2) is 8.26. The fourth-order valence-corrected chi connectivity index (χ4v) is 1.11. The molecule has 0 radical (unpaired) electrons. The summed E-state index contributed by atoms with van der Waals surface area (Å²) >= 11 is 0. The Bertz CT molecular complexity index is 192. The van der Waals surface area contributed by atoms with Crippen LogP contribution in [0.3, 0.4) is 0 Å². The van der Waals surface area contributed by atoms with Crippen LogP contribution in [0, 0.1) is 5.92 Å². The van der Waals surface area contributed by atoms with E-state index in [1.807, 2.05) is 20.8 Å². The van der Waals surface area contributed by atoms with Crippen molar-refractivity contribution in [1.29, 1.82) is 0 Å². The highest BCUT2D eigenvalue weighted by Gasteiger charge is 2.18. The van der Waals surface area contributed by atoms with Crippen LogP contribution >= 0.6 is 0 Å². The van der Waals surface area contributed by atoms with Gasteiger partial charge in [0.1, 0.15) is 6.04 Å². The minimum absolute atomic E-state index is 0.317. The lowest BCUT2D eigenvalue weighted by molar-refractivity contribution is -0.148. The van der Waals surface area contributed by atoms with E-state index >= 15 is 0 Å². The van der Waals surface area contributed by atoms with Crippen molar-refractivity contribution in [3.63, 3.8) is 0 Å². The molecule has 0 aliphatic heterocycles. The minimum atomic E-state index is -0.485. The predicted octanol–water partition coefficient (Wildman–Crippen LogP) is 1.49. The molecule has 1 atom stereocenters. The Morgan fingerprint density at radius 3 is 2.60 bits per heavy atom. The average molecular weight is 215 g/mol. The van der Waals surface area contributed by atoms with E-state index in [2.05, 4.69) is 5.32 Å². The van der Waals surface area contributed by atoms with Crippen molar-refractivity contribution >= 4 is 12.4 Å². The first-order valence-corrected chi connectivity index (χ1v) is 5.48.